The zero-order valence-electron chi connectivity index (χ0n) is 12.7. The largest absolute Gasteiger partial charge is 0.476 e. The van der Waals surface area contributed by atoms with E-state index in [-0.39, 0.29) is 49.3 Å². The molecule has 0 saturated heterocycles. The SMILES string of the molecule is Cn1nc(C(=O)O)c2c1C(=O)N(CC1(S(=O)(=O)C(F)F)CC1)CC2. The summed E-state index contributed by atoms with van der Waals surface area (Å²) in [6.07, 6.45) is 0.353. The van der Waals surface area contributed by atoms with E-state index in [2.05, 4.69) is 5.10 Å². The van der Waals surface area contributed by atoms with E-state index in [9.17, 15) is 26.8 Å². The summed E-state index contributed by atoms with van der Waals surface area (Å²) in [6, 6.07) is 0. The maximum absolute atomic E-state index is 12.8. The molecule has 1 N–H and O–H groups in total. The number of aromatic carboxylic acids is 1. The Balaban J connectivity index is 1.90. The monoisotopic (exact) mass is 363 g/mol. The molecule has 1 fully saturated rings. The van der Waals surface area contributed by atoms with Crippen molar-refractivity contribution in [3.8, 4) is 0 Å². The molecule has 1 saturated carbocycles. The Kier molecular flexibility index (Phi) is 3.66. The molecule has 1 aliphatic carbocycles. The number of alkyl halides is 2. The lowest BCUT2D eigenvalue weighted by molar-refractivity contribution is 0.0688. The highest BCUT2D eigenvalue weighted by Gasteiger charge is 2.59. The van der Waals surface area contributed by atoms with Gasteiger partial charge in [-0.15, -0.1) is 0 Å². The van der Waals surface area contributed by atoms with Crippen LogP contribution in [-0.4, -0.2) is 63.7 Å². The minimum absolute atomic E-state index is 0.0592. The first-order valence-electron chi connectivity index (χ1n) is 7.21. The summed E-state index contributed by atoms with van der Waals surface area (Å²) in [7, 11) is -3.22. The number of carbonyl (C=O) groups is 2. The highest BCUT2D eigenvalue weighted by atomic mass is 32.2. The van der Waals surface area contributed by atoms with Crippen LogP contribution in [0.25, 0.3) is 0 Å². The summed E-state index contributed by atoms with van der Waals surface area (Å²) in [5, 5.41) is 12.9. The second kappa shape index (κ2) is 5.23. The normalized spacial score (nSPS) is 19.5. The fourth-order valence-corrected chi connectivity index (χ4v) is 4.49. The van der Waals surface area contributed by atoms with Crippen LogP contribution in [-0.2, 0) is 23.3 Å². The summed E-state index contributed by atoms with van der Waals surface area (Å²) < 4.78 is 48.8. The first-order chi connectivity index (χ1) is 11.1. The summed E-state index contributed by atoms with van der Waals surface area (Å²) in [4.78, 5) is 24.9. The number of carboxylic acid groups (broad SMARTS) is 1. The standard InChI is InChI=1S/C13H15F2N3O5S/c1-17-9-7(8(16-17)11(20)21)2-5-18(10(9)19)6-13(3-4-13)24(22,23)12(14)15/h12H,2-6H2,1H3,(H,20,21). The van der Waals surface area contributed by atoms with Gasteiger partial charge in [-0.2, -0.15) is 13.9 Å². The number of fused-ring (bicyclic) bond motifs is 1. The molecule has 0 spiro atoms. The van der Waals surface area contributed by atoms with Crippen molar-refractivity contribution >= 4 is 21.7 Å². The van der Waals surface area contributed by atoms with Gasteiger partial charge in [-0.25, -0.2) is 13.2 Å². The van der Waals surface area contributed by atoms with Crippen molar-refractivity contribution in [3.63, 3.8) is 0 Å². The maximum atomic E-state index is 12.8. The Morgan fingerprint density at radius 1 is 1.42 bits per heavy atom. The first-order valence-corrected chi connectivity index (χ1v) is 8.75. The Hall–Kier alpha value is -2.04. The number of hydrogen-bond donors (Lipinski definition) is 1. The third-order valence-corrected chi connectivity index (χ3v) is 6.81. The zero-order chi connectivity index (χ0) is 17.9. The van der Waals surface area contributed by atoms with Gasteiger partial charge in [0, 0.05) is 25.7 Å². The average Bonchev–Trinajstić information content (AvgIpc) is 3.20. The van der Waals surface area contributed by atoms with Crippen molar-refractivity contribution in [1.29, 1.82) is 0 Å². The van der Waals surface area contributed by atoms with Gasteiger partial charge >= 0.3 is 11.7 Å². The fourth-order valence-electron chi connectivity index (χ4n) is 3.10. The van der Waals surface area contributed by atoms with Crippen LogP contribution < -0.4 is 0 Å². The Morgan fingerprint density at radius 3 is 2.54 bits per heavy atom. The highest BCUT2D eigenvalue weighted by Crippen LogP contribution is 2.47. The van der Waals surface area contributed by atoms with E-state index >= 15 is 0 Å². The van der Waals surface area contributed by atoms with Gasteiger partial charge in [0.05, 0.1) is 4.75 Å². The van der Waals surface area contributed by atoms with Crippen LogP contribution in [0, 0.1) is 0 Å². The molecule has 0 radical (unpaired) electrons. The number of halogens is 2. The summed E-state index contributed by atoms with van der Waals surface area (Å²) in [5.41, 5.74) is 0.124. The van der Waals surface area contributed by atoms with Crippen molar-refractivity contribution in [2.45, 2.75) is 29.8 Å². The number of hydrogen-bond acceptors (Lipinski definition) is 5. The minimum atomic E-state index is -4.63. The molecule has 1 aliphatic heterocycles. The predicted molar refractivity (Wildman–Crippen MR) is 76.7 cm³/mol. The maximum Gasteiger partial charge on any atom is 0.356 e. The number of sulfone groups is 1. The van der Waals surface area contributed by atoms with Gasteiger partial charge in [0.2, 0.25) is 9.84 Å². The first kappa shape index (κ1) is 16.8. The van der Waals surface area contributed by atoms with E-state index in [4.69, 9.17) is 5.11 Å². The van der Waals surface area contributed by atoms with E-state index in [1.807, 2.05) is 0 Å². The molecule has 8 nitrogen and oxygen atoms in total. The molecule has 2 aliphatic rings. The molecular formula is C13H15F2N3O5S. The number of amides is 1. The molecule has 2 heterocycles. The van der Waals surface area contributed by atoms with Gasteiger partial charge in [0.1, 0.15) is 5.69 Å². The smallest absolute Gasteiger partial charge is 0.356 e. The summed E-state index contributed by atoms with van der Waals surface area (Å²) in [5.74, 6) is -5.33. The van der Waals surface area contributed by atoms with E-state index in [0.717, 1.165) is 4.68 Å². The topological polar surface area (TPSA) is 110 Å². The molecule has 24 heavy (non-hydrogen) atoms. The Morgan fingerprint density at radius 2 is 2.04 bits per heavy atom. The van der Waals surface area contributed by atoms with Crippen molar-refractivity contribution in [3.05, 3.63) is 17.0 Å². The van der Waals surface area contributed by atoms with E-state index in [1.165, 1.54) is 11.9 Å². The van der Waals surface area contributed by atoms with Gasteiger partial charge in [-0.3, -0.25) is 9.48 Å². The van der Waals surface area contributed by atoms with Crippen LogP contribution in [0.2, 0.25) is 0 Å². The summed E-state index contributed by atoms with van der Waals surface area (Å²) in [6.45, 7) is -0.246. The molecule has 0 bridgehead atoms. The summed E-state index contributed by atoms with van der Waals surface area (Å²) >= 11 is 0. The van der Waals surface area contributed by atoms with Crippen LogP contribution in [0.5, 0.6) is 0 Å². The molecule has 3 rings (SSSR count). The molecule has 0 aromatic carbocycles. The number of rotatable bonds is 5. The van der Waals surface area contributed by atoms with Crippen LogP contribution >= 0.6 is 0 Å². The Bertz CT molecular complexity index is 829. The molecule has 0 unspecified atom stereocenters. The molecule has 1 aromatic rings. The number of carboxylic acids is 1. The molecular weight excluding hydrogens is 348 g/mol. The predicted octanol–water partition coefficient (Wildman–Crippen LogP) is 0.287. The van der Waals surface area contributed by atoms with Crippen molar-refractivity contribution in [2.75, 3.05) is 13.1 Å². The number of aromatic nitrogens is 2. The zero-order valence-corrected chi connectivity index (χ0v) is 13.5. The molecule has 11 heteroatoms. The van der Waals surface area contributed by atoms with Crippen LogP contribution in [0.1, 0.15) is 39.4 Å². The van der Waals surface area contributed by atoms with Crippen LogP contribution in [0.3, 0.4) is 0 Å². The fraction of sp³-hybridized carbons (Fsp3) is 0.615. The van der Waals surface area contributed by atoms with E-state index < -0.39 is 32.2 Å². The molecule has 132 valence electrons. The van der Waals surface area contributed by atoms with Gasteiger partial charge < -0.3 is 10.0 Å². The Labute approximate surface area is 136 Å². The van der Waals surface area contributed by atoms with Crippen molar-refractivity contribution < 1.29 is 31.9 Å². The van der Waals surface area contributed by atoms with Gasteiger partial charge in [-0.05, 0) is 19.3 Å². The average molecular weight is 363 g/mol. The van der Waals surface area contributed by atoms with Crippen LogP contribution in [0.4, 0.5) is 8.78 Å². The number of aryl methyl sites for hydroxylation is 1. The van der Waals surface area contributed by atoms with Crippen molar-refractivity contribution in [1.82, 2.24) is 14.7 Å². The van der Waals surface area contributed by atoms with Crippen molar-refractivity contribution in [2.24, 2.45) is 7.05 Å². The number of nitrogens with zero attached hydrogens (tertiary/aromatic N) is 3. The number of carbonyl (C=O) groups excluding carboxylic acids is 1. The quantitative estimate of drug-likeness (QED) is 0.805. The molecule has 0 atom stereocenters. The third-order valence-electron chi connectivity index (χ3n) is 4.59. The van der Waals surface area contributed by atoms with E-state index in [1.54, 1.807) is 0 Å². The molecule has 1 amide bonds. The lowest BCUT2D eigenvalue weighted by atomic mass is 10.0. The van der Waals surface area contributed by atoms with Gasteiger partial charge in [0.25, 0.3) is 5.91 Å². The highest BCUT2D eigenvalue weighted by molar-refractivity contribution is 7.93. The van der Waals surface area contributed by atoms with Crippen LogP contribution in [0.15, 0.2) is 0 Å². The lowest BCUT2D eigenvalue weighted by Crippen LogP contribution is -2.47. The lowest BCUT2D eigenvalue weighted by Gasteiger charge is -2.30. The van der Waals surface area contributed by atoms with Gasteiger partial charge in [0.15, 0.2) is 5.69 Å². The molecule has 1 aromatic heterocycles. The minimum Gasteiger partial charge on any atom is -0.476 e. The van der Waals surface area contributed by atoms with E-state index in [0.29, 0.717) is 0 Å². The second-order valence-corrected chi connectivity index (χ2v) is 8.38. The van der Waals surface area contributed by atoms with Gasteiger partial charge in [-0.1, -0.05) is 0 Å². The third kappa shape index (κ3) is 2.29. The second-order valence-electron chi connectivity index (χ2n) is 6.07.